The lowest BCUT2D eigenvalue weighted by molar-refractivity contribution is -0.260. The molecule has 2 amide bonds. The van der Waals surface area contributed by atoms with E-state index in [1.54, 1.807) is 48.0 Å². The summed E-state index contributed by atoms with van der Waals surface area (Å²) >= 11 is 0. The Kier molecular flexibility index (Phi) is 8.49. The van der Waals surface area contributed by atoms with Gasteiger partial charge >= 0.3 is 6.18 Å². The van der Waals surface area contributed by atoms with E-state index in [4.69, 9.17) is 5.73 Å². The predicted octanol–water partition coefficient (Wildman–Crippen LogP) is 5.34. The zero-order valence-electron chi connectivity index (χ0n) is 25.5. The third kappa shape index (κ3) is 6.23. The number of aliphatic hydroxyl groups is 1. The van der Waals surface area contributed by atoms with E-state index < -0.39 is 47.9 Å². The Hall–Kier alpha value is -4.65. The summed E-state index contributed by atoms with van der Waals surface area (Å²) in [6, 6.07) is 12.4. The molecule has 0 spiro atoms. The van der Waals surface area contributed by atoms with Crippen LogP contribution >= 0.6 is 0 Å². The van der Waals surface area contributed by atoms with Crippen molar-refractivity contribution in [3.05, 3.63) is 83.3 Å². The summed E-state index contributed by atoms with van der Waals surface area (Å²) in [6.45, 7) is 4.00. The number of alkyl halides is 3. The van der Waals surface area contributed by atoms with Crippen LogP contribution in [0, 0.1) is 12.7 Å². The molecular weight excluding hydrogens is 606 g/mol. The molecule has 1 aliphatic heterocycles. The van der Waals surface area contributed by atoms with E-state index in [1.807, 2.05) is 0 Å². The quantitative estimate of drug-likeness (QED) is 0.182. The first-order valence-electron chi connectivity index (χ1n) is 14.7. The molecule has 5 rings (SSSR count). The fourth-order valence-electron chi connectivity index (χ4n) is 6.24. The number of nitrogens with zero attached hydrogens (tertiary/aromatic N) is 3. The molecule has 0 saturated carbocycles. The van der Waals surface area contributed by atoms with Crippen LogP contribution < -0.4 is 11.1 Å². The average Bonchev–Trinajstić information content (AvgIpc) is 3.64. The maximum absolute atomic E-state index is 14.4. The van der Waals surface area contributed by atoms with Gasteiger partial charge in [-0.2, -0.15) is 18.3 Å². The number of carbonyl (C=O) groups excluding carboxylic acids is 2. The lowest BCUT2D eigenvalue weighted by Gasteiger charge is -2.38. The summed E-state index contributed by atoms with van der Waals surface area (Å²) in [5.74, 6) is -2.02. The van der Waals surface area contributed by atoms with Crippen LogP contribution in [-0.4, -0.2) is 67.6 Å². The molecule has 4 aromatic rings. The molecule has 1 aromatic heterocycles. The van der Waals surface area contributed by atoms with Crippen molar-refractivity contribution in [2.45, 2.75) is 63.3 Å². The van der Waals surface area contributed by atoms with Crippen molar-refractivity contribution >= 4 is 28.4 Å². The second-order valence-electron chi connectivity index (χ2n) is 12.5. The van der Waals surface area contributed by atoms with Crippen LogP contribution in [0.5, 0.6) is 5.75 Å². The molecule has 0 radical (unpaired) electrons. The number of rotatable bonds is 9. The van der Waals surface area contributed by atoms with E-state index in [0.717, 1.165) is 18.2 Å². The maximum atomic E-state index is 14.4. The second-order valence-corrected chi connectivity index (χ2v) is 12.5. The Morgan fingerprint density at radius 1 is 1.11 bits per heavy atom. The number of phenolic OH excluding ortho intramolecular Hbond substituents is 1. The number of hydrogen-bond donors (Lipinski definition) is 4. The van der Waals surface area contributed by atoms with Gasteiger partial charge in [-0.05, 0) is 85.7 Å². The van der Waals surface area contributed by atoms with E-state index in [-0.39, 0.29) is 22.9 Å². The highest BCUT2D eigenvalue weighted by molar-refractivity contribution is 5.98. The first kappa shape index (κ1) is 32.7. The van der Waals surface area contributed by atoms with Crippen molar-refractivity contribution in [1.82, 2.24) is 14.7 Å². The number of aromatic hydroxyl groups is 1. The zero-order chi connectivity index (χ0) is 33.6. The van der Waals surface area contributed by atoms with E-state index in [2.05, 4.69) is 10.4 Å². The predicted molar refractivity (Wildman–Crippen MR) is 164 cm³/mol. The Balaban J connectivity index is 1.44. The van der Waals surface area contributed by atoms with E-state index in [1.165, 1.54) is 24.9 Å². The molecule has 5 N–H and O–H groups in total. The Labute approximate surface area is 262 Å². The molecule has 9 nitrogen and oxygen atoms in total. The summed E-state index contributed by atoms with van der Waals surface area (Å²) < 4.78 is 58.8. The lowest BCUT2D eigenvalue weighted by Crippen LogP contribution is -2.53. The third-order valence-electron chi connectivity index (χ3n) is 8.53. The van der Waals surface area contributed by atoms with Crippen LogP contribution in [0.4, 0.5) is 23.2 Å². The van der Waals surface area contributed by atoms with Crippen LogP contribution in [0.3, 0.4) is 0 Å². The van der Waals surface area contributed by atoms with Crippen LogP contribution in [0.2, 0.25) is 0 Å². The number of likely N-dealkylation sites (tertiary alicyclic amines) is 1. The second kappa shape index (κ2) is 11.9. The molecule has 1 aliphatic rings. The Morgan fingerprint density at radius 3 is 2.54 bits per heavy atom. The van der Waals surface area contributed by atoms with Crippen molar-refractivity contribution in [2.24, 2.45) is 5.73 Å². The summed E-state index contributed by atoms with van der Waals surface area (Å²) in [7, 11) is 0. The van der Waals surface area contributed by atoms with Gasteiger partial charge < -0.3 is 26.2 Å². The SMILES string of the molecule is Cc1cc(NCC(O)(CC(C)(C)c2cc(F)ccc2O)C(F)(F)F)c2cnn(-c3cccc(C(=O)N4CCC[C@H]4C(N)=O)c3)c2c1. The largest absolute Gasteiger partial charge is 0.508 e. The number of carbonyl (C=O) groups is 2. The lowest BCUT2D eigenvalue weighted by atomic mass is 9.74. The van der Waals surface area contributed by atoms with Gasteiger partial charge in [0.2, 0.25) is 5.91 Å². The van der Waals surface area contributed by atoms with Crippen LogP contribution in [0.1, 0.15) is 54.6 Å². The number of halogens is 4. The van der Waals surface area contributed by atoms with Gasteiger partial charge in [0, 0.05) is 28.7 Å². The topological polar surface area (TPSA) is 134 Å². The fourth-order valence-corrected chi connectivity index (χ4v) is 6.24. The van der Waals surface area contributed by atoms with Crippen LogP contribution in [-0.2, 0) is 10.2 Å². The molecule has 1 saturated heterocycles. The summed E-state index contributed by atoms with van der Waals surface area (Å²) in [5.41, 5.74) is 3.01. The number of nitrogens with one attached hydrogen (secondary N) is 1. The Morgan fingerprint density at radius 2 is 1.85 bits per heavy atom. The van der Waals surface area contributed by atoms with Gasteiger partial charge in [0.15, 0.2) is 5.60 Å². The van der Waals surface area contributed by atoms with E-state index >= 15 is 0 Å². The molecule has 244 valence electrons. The van der Waals surface area contributed by atoms with Crippen LogP contribution in [0.25, 0.3) is 16.6 Å². The number of benzene rings is 3. The number of amides is 2. The Bertz CT molecular complexity index is 1800. The normalized spacial score (nSPS) is 16.9. The third-order valence-corrected chi connectivity index (χ3v) is 8.53. The van der Waals surface area contributed by atoms with Gasteiger partial charge in [-0.25, -0.2) is 9.07 Å². The maximum Gasteiger partial charge on any atom is 0.418 e. The molecular formula is C33H35F4N5O4. The van der Waals surface area contributed by atoms with Gasteiger partial charge in [0.1, 0.15) is 17.6 Å². The van der Waals surface area contributed by atoms with Gasteiger partial charge in [-0.15, -0.1) is 0 Å². The fraction of sp³-hybridized carbons (Fsp3) is 0.364. The summed E-state index contributed by atoms with van der Waals surface area (Å²) in [5, 5.41) is 29.0. The van der Waals surface area contributed by atoms with Gasteiger partial charge in [0.05, 0.1) is 23.9 Å². The van der Waals surface area contributed by atoms with Crippen molar-refractivity contribution < 1.29 is 37.4 Å². The first-order chi connectivity index (χ1) is 21.5. The minimum absolute atomic E-state index is 0.0648. The summed E-state index contributed by atoms with van der Waals surface area (Å²) in [4.78, 5) is 26.6. The van der Waals surface area contributed by atoms with Gasteiger partial charge in [0.25, 0.3) is 5.91 Å². The molecule has 1 unspecified atom stereocenters. The van der Waals surface area contributed by atoms with Crippen molar-refractivity contribution in [3.8, 4) is 11.4 Å². The zero-order valence-corrected chi connectivity index (χ0v) is 25.5. The molecule has 2 atom stereocenters. The molecule has 46 heavy (non-hydrogen) atoms. The first-order valence-corrected chi connectivity index (χ1v) is 14.7. The number of anilines is 1. The minimum Gasteiger partial charge on any atom is -0.508 e. The summed E-state index contributed by atoms with van der Waals surface area (Å²) in [6.07, 6.45) is -3.34. The minimum atomic E-state index is -5.08. The highest BCUT2D eigenvalue weighted by Gasteiger charge is 2.56. The van der Waals surface area contributed by atoms with Gasteiger partial charge in [-0.1, -0.05) is 19.9 Å². The number of primary amides is 1. The number of aromatic nitrogens is 2. The molecule has 2 heterocycles. The standard InChI is InChI=1S/C33H35F4N5O4/c1-19-12-25(39-18-32(46,33(35,36)37)17-31(2,3)24-15-21(34)9-10-28(24)43)23-16-40-42(27(23)13-19)22-7-4-6-20(14-22)30(45)41-11-5-8-26(41)29(38)44/h4,6-7,9-10,12-16,26,39,43,46H,5,8,11,17-18H2,1-3H3,(H2,38,44)/t26-,32?/m0/s1. The van der Waals surface area contributed by atoms with E-state index in [9.17, 15) is 37.4 Å². The monoisotopic (exact) mass is 641 g/mol. The molecule has 3 aromatic carbocycles. The van der Waals surface area contributed by atoms with Crippen molar-refractivity contribution in [2.75, 3.05) is 18.4 Å². The number of phenols is 1. The number of hydrogen-bond acceptors (Lipinski definition) is 6. The molecule has 0 bridgehead atoms. The van der Waals surface area contributed by atoms with E-state index in [0.29, 0.717) is 47.1 Å². The van der Waals surface area contributed by atoms with Crippen molar-refractivity contribution in [1.29, 1.82) is 0 Å². The highest BCUT2D eigenvalue weighted by Crippen LogP contribution is 2.44. The number of nitrogens with two attached hydrogens (primary N) is 1. The van der Waals surface area contributed by atoms with Crippen molar-refractivity contribution in [3.63, 3.8) is 0 Å². The smallest absolute Gasteiger partial charge is 0.418 e. The molecule has 13 heteroatoms. The highest BCUT2D eigenvalue weighted by atomic mass is 19.4. The number of aryl methyl sites for hydroxylation is 1. The number of fused-ring (bicyclic) bond motifs is 1. The average molecular weight is 642 g/mol. The van der Waals surface area contributed by atoms with Gasteiger partial charge in [-0.3, -0.25) is 9.59 Å². The molecule has 0 aliphatic carbocycles. The van der Waals surface area contributed by atoms with Crippen LogP contribution in [0.15, 0.2) is 60.8 Å². The molecule has 1 fully saturated rings.